The van der Waals surface area contributed by atoms with Crippen molar-refractivity contribution in [1.29, 1.82) is 0 Å². The van der Waals surface area contributed by atoms with Gasteiger partial charge in [-0.2, -0.15) is 0 Å². The van der Waals surface area contributed by atoms with E-state index in [0.717, 1.165) is 37.2 Å². The van der Waals surface area contributed by atoms with Crippen molar-refractivity contribution in [3.63, 3.8) is 0 Å². The van der Waals surface area contributed by atoms with E-state index in [0.29, 0.717) is 18.9 Å². The van der Waals surface area contributed by atoms with E-state index in [-0.39, 0.29) is 5.91 Å². The van der Waals surface area contributed by atoms with Gasteiger partial charge in [-0.1, -0.05) is 12.1 Å². The summed E-state index contributed by atoms with van der Waals surface area (Å²) in [6.45, 7) is 2.50. The zero-order valence-electron chi connectivity index (χ0n) is 14.4. The fourth-order valence-electron chi connectivity index (χ4n) is 3.00. The maximum absolute atomic E-state index is 11.8. The summed E-state index contributed by atoms with van der Waals surface area (Å²) < 4.78 is 5.20. The molecule has 1 saturated heterocycles. The molecule has 1 heterocycles. The number of ether oxygens (including phenoxy) is 1. The summed E-state index contributed by atoms with van der Waals surface area (Å²) in [5.74, 6) is 1.44. The second kappa shape index (κ2) is 8.31. The molecule has 0 saturated carbocycles. The van der Waals surface area contributed by atoms with Crippen LogP contribution in [0.25, 0.3) is 0 Å². The zero-order valence-corrected chi connectivity index (χ0v) is 14.4. The molecule has 5 nitrogen and oxygen atoms in total. The van der Waals surface area contributed by atoms with Crippen molar-refractivity contribution >= 4 is 5.91 Å². The van der Waals surface area contributed by atoms with E-state index in [9.17, 15) is 9.90 Å². The van der Waals surface area contributed by atoms with Crippen LogP contribution in [0, 0.1) is 5.92 Å². The Morgan fingerprint density at radius 2 is 2.09 bits per heavy atom. The van der Waals surface area contributed by atoms with E-state index in [1.165, 1.54) is 0 Å². The number of rotatable bonds is 6. The Morgan fingerprint density at radius 1 is 1.39 bits per heavy atom. The van der Waals surface area contributed by atoms with Crippen molar-refractivity contribution in [2.24, 2.45) is 5.92 Å². The Morgan fingerprint density at radius 3 is 2.70 bits per heavy atom. The lowest BCUT2D eigenvalue weighted by molar-refractivity contribution is -0.130. The number of likely N-dealkylation sites (tertiary alicyclic amines) is 1. The first-order valence-electron chi connectivity index (χ1n) is 8.24. The number of aliphatic hydroxyl groups excluding tert-OH is 1. The molecule has 1 N–H and O–H groups in total. The number of carbonyl (C=O) groups is 1. The SMILES string of the molecule is COc1cccc(C(O)CN2CCC(CC(=O)N(C)C)CC2)c1. The standard InChI is InChI=1S/C18H28N2O3/c1-19(2)18(22)11-14-7-9-20(10-8-14)13-17(21)15-5-4-6-16(12-15)23-3/h4-6,12,14,17,21H,7-11,13H2,1-3H3. The highest BCUT2D eigenvalue weighted by molar-refractivity contribution is 5.75. The lowest BCUT2D eigenvalue weighted by Gasteiger charge is -2.33. The molecule has 128 valence electrons. The summed E-state index contributed by atoms with van der Waals surface area (Å²) in [5.41, 5.74) is 0.884. The predicted octanol–water partition coefficient (Wildman–Crippen LogP) is 1.92. The molecule has 1 amide bonds. The summed E-state index contributed by atoms with van der Waals surface area (Å²) in [7, 11) is 5.25. The molecule has 0 radical (unpaired) electrons. The maximum Gasteiger partial charge on any atom is 0.222 e. The van der Waals surface area contributed by atoms with Gasteiger partial charge in [0.25, 0.3) is 0 Å². The maximum atomic E-state index is 11.8. The first-order chi connectivity index (χ1) is 11.0. The highest BCUT2D eigenvalue weighted by Gasteiger charge is 2.23. The van der Waals surface area contributed by atoms with E-state index in [1.54, 1.807) is 12.0 Å². The molecular weight excluding hydrogens is 292 g/mol. The van der Waals surface area contributed by atoms with Crippen molar-refractivity contribution in [3.05, 3.63) is 29.8 Å². The van der Waals surface area contributed by atoms with Crippen LogP contribution in [0.3, 0.4) is 0 Å². The van der Waals surface area contributed by atoms with Crippen LogP contribution in [-0.4, -0.2) is 61.7 Å². The molecule has 5 heteroatoms. The molecule has 1 aromatic rings. The highest BCUT2D eigenvalue weighted by Crippen LogP contribution is 2.24. The zero-order chi connectivity index (χ0) is 16.8. The van der Waals surface area contributed by atoms with Crippen molar-refractivity contribution in [1.82, 2.24) is 9.80 Å². The largest absolute Gasteiger partial charge is 0.497 e. The Labute approximate surface area is 138 Å². The van der Waals surface area contributed by atoms with Gasteiger partial charge in [0.05, 0.1) is 13.2 Å². The van der Waals surface area contributed by atoms with Gasteiger partial charge in [0.15, 0.2) is 0 Å². The third-order valence-corrected chi connectivity index (χ3v) is 4.58. The second-order valence-corrected chi connectivity index (χ2v) is 6.53. The monoisotopic (exact) mass is 320 g/mol. The van der Waals surface area contributed by atoms with E-state index >= 15 is 0 Å². The molecule has 1 aromatic carbocycles. The topological polar surface area (TPSA) is 53.0 Å². The number of β-amino-alcohol motifs (C(OH)–C–C–N with tert-alkyl or cyclic N) is 1. The Bertz CT molecular complexity index is 511. The van der Waals surface area contributed by atoms with E-state index < -0.39 is 6.10 Å². The molecule has 23 heavy (non-hydrogen) atoms. The molecule has 0 spiro atoms. The normalized spacial score (nSPS) is 17.7. The number of benzene rings is 1. The first-order valence-corrected chi connectivity index (χ1v) is 8.24. The number of nitrogens with zero attached hydrogens (tertiary/aromatic N) is 2. The van der Waals surface area contributed by atoms with E-state index in [2.05, 4.69) is 4.90 Å². The Hall–Kier alpha value is -1.59. The number of methoxy groups -OCH3 is 1. The fourth-order valence-corrected chi connectivity index (χ4v) is 3.00. The summed E-state index contributed by atoms with van der Waals surface area (Å²) in [6.07, 6.45) is 2.17. The minimum atomic E-state index is -0.509. The molecule has 0 bridgehead atoms. The van der Waals surface area contributed by atoms with Gasteiger partial charge in [0.1, 0.15) is 5.75 Å². The second-order valence-electron chi connectivity index (χ2n) is 6.53. The minimum absolute atomic E-state index is 0.208. The van der Waals surface area contributed by atoms with Crippen molar-refractivity contribution in [3.8, 4) is 5.75 Å². The quantitative estimate of drug-likeness (QED) is 0.870. The molecule has 1 aliphatic rings. The van der Waals surface area contributed by atoms with Gasteiger partial charge in [0.2, 0.25) is 5.91 Å². The number of aliphatic hydroxyl groups is 1. The van der Waals surface area contributed by atoms with Gasteiger partial charge in [-0.3, -0.25) is 4.79 Å². The summed E-state index contributed by atoms with van der Waals surface area (Å²) >= 11 is 0. The van der Waals surface area contributed by atoms with Crippen LogP contribution in [0.2, 0.25) is 0 Å². The molecule has 1 atom stereocenters. The van der Waals surface area contributed by atoms with Gasteiger partial charge >= 0.3 is 0 Å². The number of carbonyl (C=O) groups excluding carboxylic acids is 1. The van der Waals surface area contributed by atoms with Gasteiger partial charge in [0, 0.05) is 27.1 Å². The number of hydrogen-bond donors (Lipinski definition) is 1. The number of hydrogen-bond acceptors (Lipinski definition) is 4. The number of amides is 1. The first kappa shape index (κ1) is 17.8. The molecule has 0 aromatic heterocycles. The van der Waals surface area contributed by atoms with Crippen molar-refractivity contribution in [2.45, 2.75) is 25.4 Å². The van der Waals surface area contributed by atoms with Gasteiger partial charge in [-0.25, -0.2) is 0 Å². The predicted molar refractivity (Wildman–Crippen MR) is 90.4 cm³/mol. The minimum Gasteiger partial charge on any atom is -0.497 e. The van der Waals surface area contributed by atoms with Crippen LogP contribution in [-0.2, 0) is 4.79 Å². The van der Waals surface area contributed by atoms with Crippen LogP contribution in [0.4, 0.5) is 0 Å². The van der Waals surface area contributed by atoms with Gasteiger partial charge in [-0.15, -0.1) is 0 Å². The molecule has 1 fully saturated rings. The lowest BCUT2D eigenvalue weighted by Crippen LogP contribution is -2.38. The van der Waals surface area contributed by atoms with Crippen LogP contribution < -0.4 is 4.74 Å². The molecule has 1 aliphatic heterocycles. The van der Waals surface area contributed by atoms with Gasteiger partial charge in [-0.05, 0) is 49.5 Å². The molecule has 2 rings (SSSR count). The Balaban J connectivity index is 1.80. The van der Waals surface area contributed by atoms with Crippen LogP contribution in [0.5, 0.6) is 5.75 Å². The van der Waals surface area contributed by atoms with Crippen LogP contribution >= 0.6 is 0 Å². The molecule has 1 unspecified atom stereocenters. The average Bonchev–Trinajstić information content (AvgIpc) is 2.56. The molecular formula is C18H28N2O3. The summed E-state index contributed by atoms with van der Waals surface area (Å²) in [4.78, 5) is 15.7. The van der Waals surface area contributed by atoms with E-state index in [1.807, 2.05) is 38.4 Å². The molecule has 0 aliphatic carbocycles. The van der Waals surface area contributed by atoms with Crippen LogP contribution in [0.15, 0.2) is 24.3 Å². The third-order valence-electron chi connectivity index (χ3n) is 4.58. The van der Waals surface area contributed by atoms with Crippen molar-refractivity contribution < 1.29 is 14.6 Å². The lowest BCUT2D eigenvalue weighted by atomic mass is 9.92. The van der Waals surface area contributed by atoms with Gasteiger partial charge < -0.3 is 19.6 Å². The highest BCUT2D eigenvalue weighted by atomic mass is 16.5. The van der Waals surface area contributed by atoms with Crippen LogP contribution in [0.1, 0.15) is 30.9 Å². The average molecular weight is 320 g/mol. The smallest absolute Gasteiger partial charge is 0.222 e. The number of piperidine rings is 1. The third kappa shape index (κ3) is 5.22. The van der Waals surface area contributed by atoms with Crippen molar-refractivity contribution in [2.75, 3.05) is 40.8 Å². The van der Waals surface area contributed by atoms with E-state index in [4.69, 9.17) is 4.74 Å². The Kier molecular flexibility index (Phi) is 6.42. The summed E-state index contributed by atoms with van der Waals surface area (Å²) in [6, 6.07) is 7.59. The summed E-state index contributed by atoms with van der Waals surface area (Å²) in [5, 5.41) is 10.4. The fraction of sp³-hybridized carbons (Fsp3) is 0.611.